The van der Waals surface area contributed by atoms with E-state index in [9.17, 15) is 4.79 Å². The Bertz CT molecular complexity index is 409. The summed E-state index contributed by atoms with van der Waals surface area (Å²) in [6.45, 7) is 11.4. The van der Waals surface area contributed by atoms with E-state index in [0.29, 0.717) is 18.8 Å². The second-order valence-electron chi connectivity index (χ2n) is 5.79. The lowest BCUT2D eigenvalue weighted by Crippen LogP contribution is -2.21. The zero-order valence-corrected chi connectivity index (χ0v) is 13.2. The van der Waals surface area contributed by atoms with Crippen LogP contribution in [-0.4, -0.2) is 25.3 Å². The Morgan fingerprint density at radius 1 is 1.05 bits per heavy atom. The summed E-state index contributed by atoms with van der Waals surface area (Å²) in [5.74, 6) is 0.0531. The number of ketones is 1. The molecule has 0 radical (unpaired) electrons. The first-order chi connectivity index (χ1) is 9.38. The molecule has 0 saturated heterocycles. The van der Waals surface area contributed by atoms with Crippen molar-refractivity contribution >= 4 is 5.78 Å². The van der Waals surface area contributed by atoms with Crippen molar-refractivity contribution in [1.82, 2.24) is 0 Å². The van der Waals surface area contributed by atoms with Gasteiger partial charge in [0.05, 0.1) is 6.42 Å². The van der Waals surface area contributed by atoms with Crippen molar-refractivity contribution < 1.29 is 14.3 Å². The molecule has 0 unspecified atom stereocenters. The predicted octanol–water partition coefficient (Wildman–Crippen LogP) is 3.96. The van der Waals surface area contributed by atoms with E-state index in [1.165, 1.54) is 5.56 Å². The fourth-order valence-electron chi connectivity index (χ4n) is 1.96. The average molecular weight is 278 g/mol. The normalized spacial score (nSPS) is 11.9. The molecule has 20 heavy (non-hydrogen) atoms. The second-order valence-corrected chi connectivity index (χ2v) is 5.79. The number of hydrogen-bond acceptors (Lipinski definition) is 3. The molecule has 0 amide bonds. The van der Waals surface area contributed by atoms with Gasteiger partial charge in [-0.1, -0.05) is 45.0 Å². The number of Topliss-reactive ketones (excluding diaryl/α,β-unsaturated/α-hetero) is 1. The minimum atomic E-state index is -0.445. The Labute approximate surface area is 122 Å². The Morgan fingerprint density at radius 3 is 1.95 bits per heavy atom. The summed E-state index contributed by atoms with van der Waals surface area (Å²) in [5, 5.41) is 0. The van der Waals surface area contributed by atoms with Gasteiger partial charge in [-0.25, -0.2) is 0 Å². The summed E-state index contributed by atoms with van der Waals surface area (Å²) in [7, 11) is 0. The van der Waals surface area contributed by atoms with E-state index >= 15 is 0 Å². The Morgan fingerprint density at radius 2 is 1.55 bits per heavy atom. The highest BCUT2D eigenvalue weighted by atomic mass is 16.7. The molecule has 0 aliphatic carbocycles. The number of rotatable bonds is 7. The molecule has 0 bridgehead atoms. The summed E-state index contributed by atoms with van der Waals surface area (Å²) in [6, 6.07) is 7.81. The van der Waals surface area contributed by atoms with Gasteiger partial charge in [0.1, 0.15) is 0 Å². The van der Waals surface area contributed by atoms with Crippen molar-refractivity contribution in [3.05, 3.63) is 35.4 Å². The van der Waals surface area contributed by atoms with Crippen molar-refractivity contribution in [1.29, 1.82) is 0 Å². The molecule has 0 aliphatic heterocycles. The number of benzene rings is 1. The van der Waals surface area contributed by atoms with Gasteiger partial charge in [-0.3, -0.25) is 4.79 Å². The molecule has 112 valence electrons. The number of ether oxygens (including phenoxy) is 2. The molecule has 0 spiro atoms. The first-order valence-corrected chi connectivity index (χ1v) is 7.25. The van der Waals surface area contributed by atoms with Gasteiger partial charge in [-0.2, -0.15) is 0 Å². The molecule has 1 aromatic rings. The van der Waals surface area contributed by atoms with Crippen molar-refractivity contribution in [2.45, 2.75) is 52.7 Å². The molecule has 0 N–H and O–H groups in total. The zero-order chi connectivity index (χ0) is 15.2. The minimum Gasteiger partial charge on any atom is -0.352 e. The van der Waals surface area contributed by atoms with Crippen LogP contribution in [0.1, 0.15) is 57.0 Å². The van der Waals surface area contributed by atoms with Crippen molar-refractivity contribution in [3.8, 4) is 0 Å². The fourth-order valence-corrected chi connectivity index (χ4v) is 1.96. The molecule has 0 saturated carbocycles. The standard InChI is InChI=1S/C17H26O3/c1-6-19-16(20-7-2)12-15(18)13-8-10-14(11-9-13)17(3,4)5/h8-11,16H,6-7,12H2,1-5H3. The van der Waals surface area contributed by atoms with Gasteiger partial charge in [-0.15, -0.1) is 0 Å². The number of hydrogen-bond donors (Lipinski definition) is 0. The highest BCUT2D eigenvalue weighted by Crippen LogP contribution is 2.22. The molecule has 0 aromatic heterocycles. The van der Waals surface area contributed by atoms with Gasteiger partial charge >= 0.3 is 0 Å². The van der Waals surface area contributed by atoms with E-state index in [-0.39, 0.29) is 17.6 Å². The largest absolute Gasteiger partial charge is 0.352 e. The van der Waals surface area contributed by atoms with Crippen molar-refractivity contribution in [3.63, 3.8) is 0 Å². The highest BCUT2D eigenvalue weighted by molar-refractivity contribution is 5.96. The molecule has 3 nitrogen and oxygen atoms in total. The lowest BCUT2D eigenvalue weighted by Gasteiger charge is -2.19. The molecular weight excluding hydrogens is 252 g/mol. The topological polar surface area (TPSA) is 35.5 Å². The first-order valence-electron chi connectivity index (χ1n) is 7.25. The van der Waals surface area contributed by atoms with E-state index in [1.807, 2.05) is 38.1 Å². The highest BCUT2D eigenvalue weighted by Gasteiger charge is 2.17. The molecule has 0 atom stereocenters. The van der Waals surface area contributed by atoms with E-state index in [0.717, 1.165) is 0 Å². The molecule has 0 heterocycles. The van der Waals surface area contributed by atoms with E-state index in [2.05, 4.69) is 20.8 Å². The predicted molar refractivity (Wildman–Crippen MR) is 81.1 cm³/mol. The average Bonchev–Trinajstić information content (AvgIpc) is 2.38. The SMILES string of the molecule is CCOC(CC(=O)c1ccc(C(C)(C)C)cc1)OCC. The van der Waals surface area contributed by atoms with Crippen molar-refractivity contribution in [2.75, 3.05) is 13.2 Å². The third kappa shape index (κ3) is 5.06. The Hall–Kier alpha value is -1.19. The van der Waals surface area contributed by atoms with Gasteiger partial charge < -0.3 is 9.47 Å². The van der Waals surface area contributed by atoms with Crippen LogP contribution >= 0.6 is 0 Å². The van der Waals surface area contributed by atoms with Crippen LogP contribution in [0.3, 0.4) is 0 Å². The van der Waals surface area contributed by atoms with Crippen LogP contribution in [0, 0.1) is 0 Å². The number of carbonyl (C=O) groups excluding carboxylic acids is 1. The summed E-state index contributed by atoms with van der Waals surface area (Å²) in [6.07, 6.45) is -0.184. The quantitative estimate of drug-likeness (QED) is 0.559. The molecule has 1 rings (SSSR count). The van der Waals surface area contributed by atoms with Gasteiger partial charge in [-0.05, 0) is 24.8 Å². The van der Waals surface area contributed by atoms with Crippen molar-refractivity contribution in [2.24, 2.45) is 0 Å². The first kappa shape index (κ1) is 16.9. The maximum Gasteiger partial charge on any atom is 0.167 e. The van der Waals surface area contributed by atoms with E-state index in [1.54, 1.807) is 0 Å². The molecular formula is C17H26O3. The summed E-state index contributed by atoms with van der Waals surface area (Å²) < 4.78 is 10.8. The molecule has 1 aromatic carbocycles. The lowest BCUT2D eigenvalue weighted by atomic mass is 9.86. The maximum atomic E-state index is 12.2. The van der Waals surface area contributed by atoms with Crippen LogP contribution in [0.5, 0.6) is 0 Å². The lowest BCUT2D eigenvalue weighted by molar-refractivity contribution is -0.133. The maximum absolute atomic E-state index is 12.2. The zero-order valence-electron chi connectivity index (χ0n) is 13.2. The van der Waals surface area contributed by atoms with Crippen LogP contribution in [0.2, 0.25) is 0 Å². The molecule has 0 aliphatic rings. The number of carbonyl (C=O) groups is 1. The van der Waals surface area contributed by atoms with E-state index < -0.39 is 6.29 Å². The summed E-state index contributed by atoms with van der Waals surface area (Å²) in [4.78, 5) is 12.2. The Balaban J connectivity index is 2.72. The second kappa shape index (κ2) is 7.55. The monoisotopic (exact) mass is 278 g/mol. The van der Waals surface area contributed by atoms with Gasteiger partial charge in [0.15, 0.2) is 12.1 Å². The smallest absolute Gasteiger partial charge is 0.167 e. The fraction of sp³-hybridized carbons (Fsp3) is 0.588. The Kier molecular flexibility index (Phi) is 6.37. The van der Waals surface area contributed by atoms with Crippen LogP contribution < -0.4 is 0 Å². The third-order valence-corrected chi connectivity index (χ3v) is 3.13. The van der Waals surface area contributed by atoms with Crippen LogP contribution in [-0.2, 0) is 14.9 Å². The molecule has 0 fully saturated rings. The van der Waals surface area contributed by atoms with Crippen LogP contribution in [0.4, 0.5) is 0 Å². The minimum absolute atomic E-state index is 0.0531. The summed E-state index contributed by atoms with van der Waals surface area (Å²) >= 11 is 0. The van der Waals surface area contributed by atoms with E-state index in [4.69, 9.17) is 9.47 Å². The van der Waals surface area contributed by atoms with Gasteiger partial charge in [0, 0.05) is 18.8 Å². The van der Waals surface area contributed by atoms with Gasteiger partial charge in [0.2, 0.25) is 0 Å². The third-order valence-electron chi connectivity index (χ3n) is 3.13. The molecule has 3 heteroatoms. The van der Waals surface area contributed by atoms with Crippen LogP contribution in [0.25, 0.3) is 0 Å². The van der Waals surface area contributed by atoms with Gasteiger partial charge in [0.25, 0.3) is 0 Å². The van der Waals surface area contributed by atoms with Crippen LogP contribution in [0.15, 0.2) is 24.3 Å². The summed E-state index contributed by atoms with van der Waals surface area (Å²) in [5.41, 5.74) is 2.03.